The van der Waals surface area contributed by atoms with Crippen molar-refractivity contribution < 1.29 is 27.8 Å². The summed E-state index contributed by atoms with van der Waals surface area (Å²) in [6, 6.07) is 8.65. The van der Waals surface area contributed by atoms with Gasteiger partial charge < -0.3 is 24.1 Å². The fraction of sp³-hybridized carbons (Fsp3) is 0.333. The molecule has 34 heavy (non-hydrogen) atoms. The summed E-state index contributed by atoms with van der Waals surface area (Å²) in [4.78, 5) is 18.7. The smallest absolute Gasteiger partial charge is 0.457 e. The highest BCUT2D eigenvalue weighted by molar-refractivity contribution is 5.94. The number of halogens is 2. The Morgan fingerprint density at radius 3 is 2.94 bits per heavy atom. The van der Waals surface area contributed by atoms with Crippen molar-refractivity contribution >= 4 is 5.97 Å². The van der Waals surface area contributed by atoms with Crippen LogP contribution in [0.25, 0.3) is 5.69 Å². The third-order valence-electron chi connectivity index (χ3n) is 6.55. The SMILES string of the molecule is Cc1c([C@@H]2CN(Cc3cn(-c4ccc5c(c4)OC(F)(F)O5)cn3)CCN2)ccc2c1COC2=O. The quantitative estimate of drug-likeness (QED) is 0.589. The van der Waals surface area contributed by atoms with Gasteiger partial charge in [0.05, 0.1) is 23.3 Å². The summed E-state index contributed by atoms with van der Waals surface area (Å²) in [6.45, 7) is 5.51. The number of hydrogen-bond acceptors (Lipinski definition) is 7. The Kier molecular flexibility index (Phi) is 4.82. The van der Waals surface area contributed by atoms with Gasteiger partial charge in [-0.1, -0.05) is 6.07 Å². The van der Waals surface area contributed by atoms with E-state index < -0.39 is 6.29 Å². The highest BCUT2D eigenvalue weighted by Crippen LogP contribution is 2.41. The zero-order valence-corrected chi connectivity index (χ0v) is 18.4. The van der Waals surface area contributed by atoms with Crippen molar-refractivity contribution in [2.24, 2.45) is 0 Å². The van der Waals surface area contributed by atoms with Crippen LogP contribution in [0.3, 0.4) is 0 Å². The molecule has 0 spiro atoms. The van der Waals surface area contributed by atoms with E-state index in [1.54, 1.807) is 17.0 Å². The second-order valence-corrected chi connectivity index (χ2v) is 8.69. The molecule has 1 fully saturated rings. The van der Waals surface area contributed by atoms with Gasteiger partial charge in [-0.2, -0.15) is 0 Å². The van der Waals surface area contributed by atoms with Crippen LogP contribution in [0, 0.1) is 6.92 Å². The number of piperazine rings is 1. The molecule has 1 saturated heterocycles. The Bertz CT molecular complexity index is 1290. The molecule has 1 aromatic heterocycles. The Balaban J connectivity index is 1.16. The van der Waals surface area contributed by atoms with Crippen LogP contribution < -0.4 is 14.8 Å². The lowest BCUT2D eigenvalue weighted by Gasteiger charge is -2.34. The van der Waals surface area contributed by atoms with Crippen molar-refractivity contribution in [2.45, 2.75) is 32.4 Å². The van der Waals surface area contributed by atoms with E-state index in [1.807, 2.05) is 25.3 Å². The standard InChI is InChI=1S/C24H22F2N4O4/c1-14-17(3-4-18-19(14)12-32-23(18)31)20-11-29(7-6-27-20)9-15-10-30(13-28-15)16-2-5-21-22(8-16)34-24(25,26)33-21/h2-5,8,10,13,20,27H,6-7,9,11-12H2,1H3/t20-/m0/s1. The second-order valence-electron chi connectivity index (χ2n) is 8.69. The number of alkyl halides is 2. The Morgan fingerprint density at radius 2 is 2.06 bits per heavy atom. The summed E-state index contributed by atoms with van der Waals surface area (Å²) < 4.78 is 42.6. The maximum absolute atomic E-state index is 13.3. The second kappa shape index (κ2) is 7.78. The first kappa shape index (κ1) is 21.1. The molecule has 0 saturated carbocycles. The number of carbonyl (C=O) groups excluding carboxylic acids is 1. The molecule has 10 heteroatoms. The van der Waals surface area contributed by atoms with Crippen LogP contribution in [0.1, 0.15) is 38.8 Å². The third-order valence-corrected chi connectivity index (χ3v) is 6.55. The average Bonchev–Trinajstić information content (AvgIpc) is 3.50. The van der Waals surface area contributed by atoms with Gasteiger partial charge in [0.2, 0.25) is 0 Å². The molecule has 176 valence electrons. The van der Waals surface area contributed by atoms with Crippen LogP contribution in [-0.4, -0.2) is 46.3 Å². The maximum atomic E-state index is 13.3. The highest BCUT2D eigenvalue weighted by Gasteiger charge is 2.43. The molecule has 2 aromatic carbocycles. The van der Waals surface area contributed by atoms with Crippen LogP contribution >= 0.6 is 0 Å². The number of nitrogens with zero attached hydrogens (tertiary/aromatic N) is 3. The summed E-state index contributed by atoms with van der Waals surface area (Å²) in [5, 5.41) is 3.58. The molecule has 0 bridgehead atoms. The summed E-state index contributed by atoms with van der Waals surface area (Å²) in [6.07, 6.45) is -0.0949. The molecular formula is C24H22F2N4O4. The number of nitrogens with one attached hydrogen (secondary N) is 1. The van der Waals surface area contributed by atoms with Gasteiger partial charge in [-0.3, -0.25) is 4.90 Å². The monoisotopic (exact) mass is 468 g/mol. The average molecular weight is 468 g/mol. The Labute approximate surface area is 194 Å². The zero-order valence-electron chi connectivity index (χ0n) is 18.4. The van der Waals surface area contributed by atoms with Crippen molar-refractivity contribution in [1.82, 2.24) is 19.8 Å². The largest absolute Gasteiger partial charge is 0.586 e. The van der Waals surface area contributed by atoms with E-state index in [2.05, 4.69) is 24.7 Å². The minimum atomic E-state index is -3.64. The number of hydrogen-bond donors (Lipinski definition) is 1. The molecule has 3 aliphatic heterocycles. The summed E-state index contributed by atoms with van der Waals surface area (Å²) in [5.41, 5.74) is 5.42. The van der Waals surface area contributed by atoms with Gasteiger partial charge in [0, 0.05) is 50.0 Å². The minimum Gasteiger partial charge on any atom is -0.457 e. The molecule has 8 nitrogen and oxygen atoms in total. The first-order valence-electron chi connectivity index (χ1n) is 11.0. The van der Waals surface area contributed by atoms with Crippen LogP contribution in [0.5, 0.6) is 11.5 Å². The van der Waals surface area contributed by atoms with Gasteiger partial charge in [0.25, 0.3) is 0 Å². The Morgan fingerprint density at radius 1 is 1.21 bits per heavy atom. The number of cyclic esters (lactones) is 1. The van der Waals surface area contributed by atoms with Gasteiger partial charge >= 0.3 is 12.3 Å². The fourth-order valence-corrected chi connectivity index (χ4v) is 4.82. The lowest BCUT2D eigenvalue weighted by Crippen LogP contribution is -2.45. The predicted octanol–water partition coefficient (Wildman–Crippen LogP) is 3.32. The normalized spacial score (nSPS) is 20.9. The van der Waals surface area contributed by atoms with Crippen molar-refractivity contribution in [3.05, 3.63) is 70.8 Å². The third kappa shape index (κ3) is 3.68. The number of esters is 1. The molecule has 0 unspecified atom stereocenters. The zero-order chi connectivity index (χ0) is 23.4. The predicted molar refractivity (Wildman–Crippen MR) is 116 cm³/mol. The molecule has 0 radical (unpaired) electrons. The highest BCUT2D eigenvalue weighted by atomic mass is 19.3. The van der Waals surface area contributed by atoms with Gasteiger partial charge in [-0.05, 0) is 36.2 Å². The number of ether oxygens (including phenoxy) is 3. The summed E-state index contributed by atoms with van der Waals surface area (Å²) in [7, 11) is 0. The van der Waals surface area contributed by atoms with Gasteiger partial charge in [0.15, 0.2) is 11.5 Å². The minimum absolute atomic E-state index is 0.000451. The number of imidazole rings is 1. The van der Waals surface area contributed by atoms with Crippen LogP contribution in [0.4, 0.5) is 8.78 Å². The number of fused-ring (bicyclic) bond motifs is 2. The summed E-state index contributed by atoms with van der Waals surface area (Å²) in [5.74, 6) is -0.243. The van der Waals surface area contributed by atoms with Crippen molar-refractivity contribution in [3.8, 4) is 17.2 Å². The fourth-order valence-electron chi connectivity index (χ4n) is 4.82. The van der Waals surface area contributed by atoms with Gasteiger partial charge in [0.1, 0.15) is 6.61 Å². The molecule has 3 aromatic rings. The van der Waals surface area contributed by atoms with E-state index in [1.165, 1.54) is 17.7 Å². The van der Waals surface area contributed by atoms with Gasteiger partial charge in [-0.25, -0.2) is 9.78 Å². The number of carbonyl (C=O) groups is 1. The van der Waals surface area contributed by atoms with Crippen LogP contribution in [0.2, 0.25) is 0 Å². The molecule has 1 N–H and O–H groups in total. The van der Waals surface area contributed by atoms with E-state index in [4.69, 9.17) is 4.74 Å². The lowest BCUT2D eigenvalue weighted by molar-refractivity contribution is -0.286. The molecule has 3 aliphatic rings. The van der Waals surface area contributed by atoms with Gasteiger partial charge in [-0.15, -0.1) is 8.78 Å². The van der Waals surface area contributed by atoms with Crippen molar-refractivity contribution in [2.75, 3.05) is 19.6 Å². The molecule has 6 rings (SSSR count). The lowest BCUT2D eigenvalue weighted by atomic mass is 9.93. The van der Waals surface area contributed by atoms with Crippen molar-refractivity contribution in [1.29, 1.82) is 0 Å². The number of aromatic nitrogens is 2. The van der Waals surface area contributed by atoms with E-state index >= 15 is 0 Å². The molecule has 4 heterocycles. The van der Waals surface area contributed by atoms with E-state index in [9.17, 15) is 13.6 Å². The van der Waals surface area contributed by atoms with E-state index in [-0.39, 0.29) is 23.5 Å². The number of rotatable bonds is 4. The molecular weight excluding hydrogens is 446 g/mol. The van der Waals surface area contributed by atoms with Crippen LogP contribution in [0.15, 0.2) is 42.9 Å². The maximum Gasteiger partial charge on any atom is 0.586 e. The van der Waals surface area contributed by atoms with Crippen LogP contribution in [-0.2, 0) is 17.9 Å². The summed E-state index contributed by atoms with van der Waals surface area (Å²) >= 11 is 0. The molecule has 1 atom stereocenters. The molecule has 0 aliphatic carbocycles. The topological polar surface area (TPSA) is 77.8 Å². The first-order valence-corrected chi connectivity index (χ1v) is 11.0. The molecule has 0 amide bonds. The van der Waals surface area contributed by atoms with Crippen molar-refractivity contribution in [3.63, 3.8) is 0 Å². The van der Waals surface area contributed by atoms with E-state index in [0.717, 1.165) is 36.5 Å². The first-order chi connectivity index (χ1) is 16.4. The Hall–Kier alpha value is -3.50. The number of benzene rings is 2. The van der Waals surface area contributed by atoms with E-state index in [0.29, 0.717) is 24.4 Å².